The van der Waals surface area contributed by atoms with E-state index in [-0.39, 0.29) is 6.04 Å². The minimum Gasteiger partial charge on any atom is -0.390 e. The van der Waals surface area contributed by atoms with Crippen LogP contribution in [0.3, 0.4) is 0 Å². The Morgan fingerprint density at radius 1 is 1.47 bits per heavy atom. The lowest BCUT2D eigenvalue weighted by Gasteiger charge is -2.36. The molecule has 1 aromatic carbocycles. The molecule has 0 radical (unpaired) electrons. The number of likely N-dealkylation sites (N-methyl/N-ethyl adjacent to an activating group) is 1. The van der Waals surface area contributed by atoms with Crippen LogP contribution in [0, 0.1) is 0 Å². The van der Waals surface area contributed by atoms with Gasteiger partial charge in [-0.1, -0.05) is 24.3 Å². The normalized spacial score (nSPS) is 23.5. The van der Waals surface area contributed by atoms with E-state index in [9.17, 15) is 5.11 Å². The van der Waals surface area contributed by atoms with Crippen molar-refractivity contribution in [2.75, 3.05) is 13.6 Å². The van der Waals surface area contributed by atoms with Crippen molar-refractivity contribution >= 4 is 0 Å². The van der Waals surface area contributed by atoms with Crippen LogP contribution in [-0.2, 0) is 13.0 Å². The Labute approximate surface area is 90.5 Å². The van der Waals surface area contributed by atoms with Gasteiger partial charge in [0.25, 0.3) is 0 Å². The molecule has 82 valence electrons. The second kappa shape index (κ2) is 4.31. The monoisotopic (exact) mass is 206 g/mol. The third-order valence-corrected chi connectivity index (χ3v) is 3.22. The first-order valence-corrected chi connectivity index (χ1v) is 5.37. The Kier molecular flexibility index (Phi) is 3.05. The average molecular weight is 206 g/mol. The minimum atomic E-state index is -0.427. The first kappa shape index (κ1) is 10.6. The largest absolute Gasteiger partial charge is 0.390 e. The number of hydrogen-bond acceptors (Lipinski definition) is 3. The van der Waals surface area contributed by atoms with Crippen molar-refractivity contribution in [2.24, 2.45) is 5.73 Å². The van der Waals surface area contributed by atoms with Gasteiger partial charge in [0.1, 0.15) is 0 Å². The first-order valence-electron chi connectivity index (χ1n) is 5.37. The van der Waals surface area contributed by atoms with Gasteiger partial charge in [-0.25, -0.2) is 0 Å². The summed E-state index contributed by atoms with van der Waals surface area (Å²) in [5.74, 6) is 0. The smallest absolute Gasteiger partial charge is 0.0820 e. The molecule has 3 nitrogen and oxygen atoms in total. The van der Waals surface area contributed by atoms with Gasteiger partial charge in [-0.05, 0) is 24.6 Å². The number of nitrogens with zero attached hydrogens (tertiary/aromatic N) is 1. The third kappa shape index (κ3) is 2.04. The molecule has 0 aromatic heterocycles. The number of benzene rings is 1. The van der Waals surface area contributed by atoms with Crippen LogP contribution in [0.5, 0.6) is 0 Å². The quantitative estimate of drug-likeness (QED) is 0.734. The lowest BCUT2D eigenvalue weighted by atomic mass is 9.91. The van der Waals surface area contributed by atoms with Crippen LogP contribution in [0.2, 0.25) is 0 Å². The van der Waals surface area contributed by atoms with Crippen LogP contribution < -0.4 is 5.73 Å². The molecule has 1 aliphatic heterocycles. The molecule has 1 aliphatic rings. The molecule has 15 heavy (non-hydrogen) atoms. The maximum Gasteiger partial charge on any atom is 0.0820 e. The molecule has 0 saturated heterocycles. The fourth-order valence-electron chi connectivity index (χ4n) is 2.26. The van der Waals surface area contributed by atoms with E-state index < -0.39 is 6.10 Å². The molecule has 1 aromatic rings. The summed E-state index contributed by atoms with van der Waals surface area (Å²) < 4.78 is 0. The molecule has 3 heteroatoms. The summed E-state index contributed by atoms with van der Waals surface area (Å²) in [5, 5.41) is 9.81. The molecule has 2 rings (SSSR count). The van der Waals surface area contributed by atoms with Crippen LogP contribution in [-0.4, -0.2) is 35.7 Å². The van der Waals surface area contributed by atoms with Crippen molar-refractivity contribution in [1.82, 2.24) is 4.90 Å². The fourth-order valence-corrected chi connectivity index (χ4v) is 2.26. The van der Waals surface area contributed by atoms with E-state index in [1.165, 1.54) is 11.1 Å². The predicted molar refractivity (Wildman–Crippen MR) is 60.5 cm³/mol. The zero-order valence-electron chi connectivity index (χ0n) is 9.06. The predicted octanol–water partition coefficient (Wildman–Crippen LogP) is 0.363. The Hall–Kier alpha value is -0.900. The number of nitrogens with two attached hydrogens (primary N) is 1. The van der Waals surface area contributed by atoms with E-state index in [0.29, 0.717) is 6.54 Å². The highest BCUT2D eigenvalue weighted by Crippen LogP contribution is 2.23. The van der Waals surface area contributed by atoms with Gasteiger partial charge in [0.05, 0.1) is 6.10 Å². The maximum absolute atomic E-state index is 9.81. The van der Waals surface area contributed by atoms with Gasteiger partial charge in [0, 0.05) is 19.1 Å². The van der Waals surface area contributed by atoms with Crippen LogP contribution >= 0.6 is 0 Å². The van der Waals surface area contributed by atoms with Crippen molar-refractivity contribution in [1.29, 1.82) is 0 Å². The molecule has 0 spiro atoms. The summed E-state index contributed by atoms with van der Waals surface area (Å²) in [6, 6.07) is 8.56. The van der Waals surface area contributed by atoms with Gasteiger partial charge >= 0.3 is 0 Å². The second-order valence-corrected chi connectivity index (χ2v) is 4.26. The molecular formula is C12H18N2O. The van der Waals surface area contributed by atoms with E-state index in [2.05, 4.69) is 29.2 Å². The van der Waals surface area contributed by atoms with Crippen LogP contribution in [0.4, 0.5) is 0 Å². The molecule has 0 fully saturated rings. The minimum absolute atomic E-state index is 0.157. The van der Waals surface area contributed by atoms with E-state index >= 15 is 0 Å². The van der Waals surface area contributed by atoms with E-state index in [4.69, 9.17) is 5.73 Å². The summed E-state index contributed by atoms with van der Waals surface area (Å²) >= 11 is 0. The zero-order valence-corrected chi connectivity index (χ0v) is 9.06. The van der Waals surface area contributed by atoms with Gasteiger partial charge in [-0.3, -0.25) is 4.90 Å². The molecule has 1 heterocycles. The van der Waals surface area contributed by atoms with Gasteiger partial charge in [0.15, 0.2) is 0 Å². The summed E-state index contributed by atoms with van der Waals surface area (Å²) in [6.45, 7) is 1.23. The Balaban J connectivity index is 2.22. The van der Waals surface area contributed by atoms with E-state index in [0.717, 1.165) is 13.0 Å². The summed E-state index contributed by atoms with van der Waals surface area (Å²) in [5.41, 5.74) is 8.21. The zero-order chi connectivity index (χ0) is 10.8. The topological polar surface area (TPSA) is 49.5 Å². The highest BCUT2D eigenvalue weighted by Gasteiger charge is 2.27. The van der Waals surface area contributed by atoms with Gasteiger partial charge in [-0.2, -0.15) is 0 Å². The van der Waals surface area contributed by atoms with Crippen molar-refractivity contribution in [2.45, 2.75) is 25.1 Å². The van der Waals surface area contributed by atoms with Crippen LogP contribution in [0.1, 0.15) is 11.1 Å². The van der Waals surface area contributed by atoms with Crippen LogP contribution in [0.15, 0.2) is 24.3 Å². The third-order valence-electron chi connectivity index (χ3n) is 3.22. The SMILES string of the molecule is CN1Cc2ccccc2C[C@H]1[C@H](O)CN. The summed E-state index contributed by atoms with van der Waals surface area (Å²) in [4.78, 5) is 2.18. The van der Waals surface area contributed by atoms with Crippen molar-refractivity contribution in [3.05, 3.63) is 35.4 Å². The average Bonchev–Trinajstić information content (AvgIpc) is 2.27. The molecule has 0 bridgehead atoms. The lowest BCUT2D eigenvalue weighted by molar-refractivity contribution is 0.0586. The lowest BCUT2D eigenvalue weighted by Crippen LogP contribution is -2.48. The van der Waals surface area contributed by atoms with Crippen LogP contribution in [0.25, 0.3) is 0 Å². The molecule has 3 N–H and O–H groups in total. The Morgan fingerprint density at radius 3 is 2.80 bits per heavy atom. The molecule has 0 saturated carbocycles. The van der Waals surface area contributed by atoms with Gasteiger partial charge < -0.3 is 10.8 Å². The number of fused-ring (bicyclic) bond motifs is 1. The Bertz CT molecular complexity index is 340. The van der Waals surface area contributed by atoms with E-state index in [1.807, 2.05) is 7.05 Å². The van der Waals surface area contributed by atoms with Gasteiger partial charge in [-0.15, -0.1) is 0 Å². The number of rotatable bonds is 2. The number of aliphatic hydroxyl groups excluding tert-OH is 1. The highest BCUT2D eigenvalue weighted by atomic mass is 16.3. The molecule has 0 unspecified atom stereocenters. The summed E-state index contributed by atoms with van der Waals surface area (Å²) in [7, 11) is 2.04. The first-order chi connectivity index (χ1) is 7.22. The molecule has 0 aliphatic carbocycles. The van der Waals surface area contributed by atoms with E-state index in [1.54, 1.807) is 0 Å². The second-order valence-electron chi connectivity index (χ2n) is 4.26. The fraction of sp³-hybridized carbons (Fsp3) is 0.500. The van der Waals surface area contributed by atoms with Crippen molar-refractivity contribution in [3.63, 3.8) is 0 Å². The molecular weight excluding hydrogens is 188 g/mol. The molecule has 0 amide bonds. The highest BCUT2D eigenvalue weighted by molar-refractivity contribution is 5.30. The summed E-state index contributed by atoms with van der Waals surface area (Å²) in [6.07, 6.45) is 0.466. The van der Waals surface area contributed by atoms with Gasteiger partial charge in [0.2, 0.25) is 0 Å². The van der Waals surface area contributed by atoms with Crippen molar-refractivity contribution < 1.29 is 5.11 Å². The molecule has 2 atom stereocenters. The van der Waals surface area contributed by atoms with Crippen molar-refractivity contribution in [3.8, 4) is 0 Å². The number of hydrogen-bond donors (Lipinski definition) is 2. The standard InChI is InChI=1S/C12H18N2O/c1-14-8-10-5-3-2-4-9(10)6-11(14)12(15)7-13/h2-5,11-12,15H,6-8,13H2,1H3/t11-,12+/m0/s1. The number of aliphatic hydroxyl groups is 1. The Morgan fingerprint density at radius 2 is 2.13 bits per heavy atom. The maximum atomic E-state index is 9.81.